The Kier molecular flexibility index (Phi) is 4.51. The number of nitrogens with one attached hydrogen (secondary N) is 1. The molecule has 0 aromatic carbocycles. The van der Waals surface area contributed by atoms with Crippen molar-refractivity contribution in [1.29, 1.82) is 0 Å². The van der Waals surface area contributed by atoms with Gasteiger partial charge in [0.25, 0.3) is 0 Å². The molecule has 6 heteroatoms. The van der Waals surface area contributed by atoms with E-state index in [0.717, 1.165) is 19.5 Å². The predicted molar refractivity (Wildman–Crippen MR) is 61.4 cm³/mol. The van der Waals surface area contributed by atoms with E-state index < -0.39 is 10.0 Å². The highest BCUT2D eigenvalue weighted by atomic mass is 32.2. The third-order valence-corrected chi connectivity index (χ3v) is 4.57. The Hall–Kier alpha value is -0.170. The smallest absolute Gasteiger partial charge is 0.214 e. The van der Waals surface area contributed by atoms with Crippen molar-refractivity contribution in [2.45, 2.75) is 12.5 Å². The molecule has 0 aromatic heterocycles. The van der Waals surface area contributed by atoms with Crippen LogP contribution in [0.15, 0.2) is 0 Å². The van der Waals surface area contributed by atoms with E-state index in [9.17, 15) is 8.42 Å². The van der Waals surface area contributed by atoms with E-state index in [-0.39, 0.29) is 5.75 Å². The normalized spacial score (nSPS) is 23.9. The summed E-state index contributed by atoms with van der Waals surface area (Å²) in [5.41, 5.74) is 0. The summed E-state index contributed by atoms with van der Waals surface area (Å²) >= 11 is 0. The minimum atomic E-state index is -3.05. The highest BCUT2D eigenvalue weighted by molar-refractivity contribution is 7.89. The van der Waals surface area contributed by atoms with Gasteiger partial charge in [-0.25, -0.2) is 12.7 Å². The van der Waals surface area contributed by atoms with Crippen LogP contribution in [0, 0.1) is 0 Å². The van der Waals surface area contributed by atoms with Crippen molar-refractivity contribution in [3.63, 3.8) is 0 Å². The van der Waals surface area contributed by atoms with Gasteiger partial charge in [0.2, 0.25) is 10.0 Å². The van der Waals surface area contributed by atoms with Crippen LogP contribution in [0.1, 0.15) is 6.42 Å². The fourth-order valence-corrected chi connectivity index (χ4v) is 2.42. The van der Waals surface area contributed by atoms with E-state index in [1.807, 2.05) is 0 Å². The van der Waals surface area contributed by atoms with E-state index >= 15 is 0 Å². The van der Waals surface area contributed by atoms with Gasteiger partial charge in [-0.15, -0.1) is 0 Å². The Morgan fingerprint density at radius 2 is 2.13 bits per heavy atom. The molecule has 1 fully saturated rings. The average Bonchev–Trinajstić information content (AvgIpc) is 2.51. The minimum absolute atomic E-state index is 0.181. The van der Waals surface area contributed by atoms with Gasteiger partial charge in [-0.2, -0.15) is 0 Å². The molecule has 15 heavy (non-hydrogen) atoms. The van der Waals surface area contributed by atoms with Gasteiger partial charge < -0.3 is 10.2 Å². The second kappa shape index (κ2) is 5.25. The number of rotatable bonds is 5. The fraction of sp³-hybridized carbons (Fsp3) is 1.00. The van der Waals surface area contributed by atoms with Crippen LogP contribution in [0.4, 0.5) is 0 Å². The molecule has 1 saturated heterocycles. The second-order valence-corrected chi connectivity index (χ2v) is 6.60. The molecule has 1 unspecified atom stereocenters. The number of likely N-dealkylation sites (tertiary alicyclic amines) is 1. The number of hydrogen-bond donors (Lipinski definition) is 1. The topological polar surface area (TPSA) is 52.7 Å². The second-order valence-electron chi connectivity index (χ2n) is 4.30. The average molecular weight is 235 g/mol. The molecule has 1 atom stereocenters. The van der Waals surface area contributed by atoms with Gasteiger partial charge >= 0.3 is 0 Å². The maximum Gasteiger partial charge on any atom is 0.214 e. The van der Waals surface area contributed by atoms with Crippen molar-refractivity contribution in [1.82, 2.24) is 14.5 Å². The molecular formula is C9H21N3O2S. The van der Waals surface area contributed by atoms with E-state index in [0.29, 0.717) is 12.6 Å². The first kappa shape index (κ1) is 12.9. The third kappa shape index (κ3) is 4.06. The molecule has 1 rings (SSSR count). The zero-order chi connectivity index (χ0) is 11.5. The molecule has 5 nitrogen and oxygen atoms in total. The third-order valence-electron chi connectivity index (χ3n) is 2.74. The maximum absolute atomic E-state index is 11.4. The van der Waals surface area contributed by atoms with Crippen LogP contribution in [0.3, 0.4) is 0 Å². The first-order valence-corrected chi connectivity index (χ1v) is 6.85. The van der Waals surface area contributed by atoms with Crippen LogP contribution < -0.4 is 5.32 Å². The Bertz CT molecular complexity index is 290. The Balaban J connectivity index is 2.22. The lowest BCUT2D eigenvalue weighted by molar-refractivity contribution is 0.399. The molecule has 1 aliphatic heterocycles. The summed E-state index contributed by atoms with van der Waals surface area (Å²) in [5, 5.41) is 3.28. The van der Waals surface area contributed by atoms with Gasteiger partial charge in [-0.05, 0) is 20.0 Å². The van der Waals surface area contributed by atoms with Gasteiger partial charge in [-0.3, -0.25) is 0 Å². The number of sulfonamides is 1. The van der Waals surface area contributed by atoms with Gasteiger partial charge in [0.15, 0.2) is 0 Å². The zero-order valence-electron chi connectivity index (χ0n) is 9.73. The SMILES string of the molecule is CN1CCC(NCCS(=O)(=O)N(C)C)C1. The molecule has 0 spiro atoms. The molecule has 1 aliphatic rings. The Labute approximate surface area is 92.5 Å². The summed E-state index contributed by atoms with van der Waals surface area (Å²) in [6, 6.07) is 0.451. The monoisotopic (exact) mass is 235 g/mol. The van der Waals surface area contributed by atoms with Gasteiger partial charge in [0.05, 0.1) is 5.75 Å². The maximum atomic E-state index is 11.4. The van der Waals surface area contributed by atoms with Crippen molar-refractivity contribution in [3.8, 4) is 0 Å². The quantitative estimate of drug-likeness (QED) is 0.676. The van der Waals surface area contributed by atoms with E-state index in [4.69, 9.17) is 0 Å². The zero-order valence-corrected chi connectivity index (χ0v) is 10.5. The summed E-state index contributed by atoms with van der Waals surface area (Å²) in [5.74, 6) is 0.181. The van der Waals surface area contributed by atoms with Crippen LogP contribution in [0.25, 0.3) is 0 Å². The van der Waals surface area contributed by atoms with Crippen molar-refractivity contribution in [2.75, 3.05) is 46.5 Å². The van der Waals surface area contributed by atoms with Crippen LogP contribution in [-0.4, -0.2) is 70.2 Å². The fourth-order valence-electron chi connectivity index (χ4n) is 1.68. The van der Waals surface area contributed by atoms with Crippen molar-refractivity contribution < 1.29 is 8.42 Å². The van der Waals surface area contributed by atoms with Gasteiger partial charge in [0, 0.05) is 33.2 Å². The number of nitrogens with zero attached hydrogens (tertiary/aromatic N) is 2. The van der Waals surface area contributed by atoms with E-state index in [2.05, 4.69) is 17.3 Å². The lowest BCUT2D eigenvalue weighted by Crippen LogP contribution is -2.37. The lowest BCUT2D eigenvalue weighted by Gasteiger charge is -2.15. The van der Waals surface area contributed by atoms with Crippen LogP contribution in [0.2, 0.25) is 0 Å². The molecule has 0 radical (unpaired) electrons. The molecule has 90 valence electrons. The molecule has 1 heterocycles. The highest BCUT2D eigenvalue weighted by Gasteiger charge is 2.20. The lowest BCUT2D eigenvalue weighted by atomic mass is 10.3. The highest BCUT2D eigenvalue weighted by Crippen LogP contribution is 2.05. The summed E-state index contributed by atoms with van der Waals surface area (Å²) < 4.78 is 24.2. The van der Waals surface area contributed by atoms with Crippen molar-refractivity contribution in [2.24, 2.45) is 0 Å². The molecule has 0 aliphatic carbocycles. The molecule has 0 bridgehead atoms. The van der Waals surface area contributed by atoms with Crippen molar-refractivity contribution in [3.05, 3.63) is 0 Å². The predicted octanol–water partition coefficient (Wildman–Crippen LogP) is -0.828. The molecule has 1 N–H and O–H groups in total. The van der Waals surface area contributed by atoms with E-state index in [1.54, 1.807) is 14.1 Å². The molecular weight excluding hydrogens is 214 g/mol. The van der Waals surface area contributed by atoms with Crippen molar-refractivity contribution >= 4 is 10.0 Å². The molecule has 0 saturated carbocycles. The standard InChI is InChI=1S/C9H21N3O2S/c1-11(2)15(13,14)7-5-10-9-4-6-12(3)8-9/h9-10H,4-8H2,1-3H3. The Morgan fingerprint density at radius 1 is 1.47 bits per heavy atom. The van der Waals surface area contributed by atoms with Crippen LogP contribution >= 0.6 is 0 Å². The van der Waals surface area contributed by atoms with E-state index in [1.165, 1.54) is 4.31 Å². The molecule has 0 amide bonds. The summed E-state index contributed by atoms with van der Waals surface area (Å²) in [4.78, 5) is 2.25. The Morgan fingerprint density at radius 3 is 2.60 bits per heavy atom. The first-order chi connectivity index (χ1) is 6.92. The van der Waals surface area contributed by atoms with Gasteiger partial charge in [-0.1, -0.05) is 0 Å². The largest absolute Gasteiger partial charge is 0.312 e. The number of hydrogen-bond acceptors (Lipinski definition) is 4. The summed E-state index contributed by atoms with van der Waals surface area (Å²) in [6.45, 7) is 2.65. The molecule has 0 aromatic rings. The minimum Gasteiger partial charge on any atom is -0.312 e. The summed E-state index contributed by atoms with van der Waals surface area (Å²) in [6.07, 6.45) is 1.11. The first-order valence-electron chi connectivity index (χ1n) is 5.24. The number of likely N-dealkylation sites (N-methyl/N-ethyl adjacent to an activating group) is 1. The van der Waals surface area contributed by atoms with Crippen LogP contribution in [-0.2, 0) is 10.0 Å². The van der Waals surface area contributed by atoms with Gasteiger partial charge in [0.1, 0.15) is 0 Å². The summed E-state index contributed by atoms with van der Waals surface area (Å²) in [7, 11) is 2.17. The van der Waals surface area contributed by atoms with Crippen LogP contribution in [0.5, 0.6) is 0 Å².